The van der Waals surface area contributed by atoms with E-state index >= 15 is 0 Å². The first-order valence-electron chi connectivity index (χ1n) is 4.40. The van der Waals surface area contributed by atoms with Crippen molar-refractivity contribution < 1.29 is 4.57 Å². The molecule has 2 aromatic rings. The standard InChI is InChI=1S/C11H12NS/c1-2-4-11(5-3-1)6-7-12-8-9-13-10-12/h1-5,8-10H,6-7H2/q+1. The molecule has 0 amide bonds. The molecule has 0 saturated carbocycles. The molecule has 0 saturated heterocycles. The normalized spacial score (nSPS) is 10.2. The van der Waals surface area contributed by atoms with E-state index in [1.54, 1.807) is 11.3 Å². The summed E-state index contributed by atoms with van der Waals surface area (Å²) in [6.45, 7) is 1.08. The Kier molecular flexibility index (Phi) is 2.72. The third-order valence-electron chi connectivity index (χ3n) is 2.03. The second-order valence-electron chi connectivity index (χ2n) is 3.00. The number of hydrogen-bond donors (Lipinski definition) is 0. The Labute approximate surface area is 82.3 Å². The first-order chi connectivity index (χ1) is 6.45. The van der Waals surface area contributed by atoms with E-state index in [1.807, 2.05) is 0 Å². The predicted molar refractivity (Wildman–Crippen MR) is 54.7 cm³/mol. The molecule has 66 valence electrons. The maximum atomic E-state index is 2.22. The number of benzene rings is 1. The highest BCUT2D eigenvalue weighted by Crippen LogP contribution is 1.99. The van der Waals surface area contributed by atoms with Gasteiger partial charge in [-0.15, -0.1) is 0 Å². The Morgan fingerprint density at radius 3 is 2.69 bits per heavy atom. The van der Waals surface area contributed by atoms with Gasteiger partial charge in [-0.2, -0.15) is 4.57 Å². The molecule has 0 aliphatic carbocycles. The van der Waals surface area contributed by atoms with Crippen LogP contribution in [0.3, 0.4) is 0 Å². The van der Waals surface area contributed by atoms with Crippen LogP contribution in [0.1, 0.15) is 5.56 Å². The lowest BCUT2D eigenvalue weighted by atomic mass is 10.1. The maximum Gasteiger partial charge on any atom is 0.224 e. The molecule has 0 aliphatic heterocycles. The summed E-state index contributed by atoms with van der Waals surface area (Å²) >= 11 is 1.74. The minimum absolute atomic E-state index is 1.08. The minimum atomic E-state index is 1.08. The van der Waals surface area contributed by atoms with Crippen molar-refractivity contribution in [2.24, 2.45) is 0 Å². The summed E-state index contributed by atoms with van der Waals surface area (Å²) in [6.07, 6.45) is 3.23. The van der Waals surface area contributed by atoms with E-state index in [4.69, 9.17) is 0 Å². The van der Waals surface area contributed by atoms with Gasteiger partial charge in [0.25, 0.3) is 0 Å². The topological polar surface area (TPSA) is 3.88 Å². The van der Waals surface area contributed by atoms with Gasteiger partial charge in [0.1, 0.15) is 0 Å². The average molecular weight is 190 g/mol. The molecular weight excluding hydrogens is 178 g/mol. The van der Waals surface area contributed by atoms with Gasteiger partial charge in [-0.25, -0.2) is 0 Å². The summed E-state index contributed by atoms with van der Waals surface area (Å²) in [5, 5.41) is 2.10. The molecule has 1 aromatic heterocycles. The molecule has 13 heavy (non-hydrogen) atoms. The summed E-state index contributed by atoms with van der Waals surface area (Å²) in [4.78, 5) is 0. The smallest absolute Gasteiger partial charge is 0.195 e. The molecule has 0 atom stereocenters. The Hall–Kier alpha value is -1.15. The predicted octanol–water partition coefficient (Wildman–Crippen LogP) is 2.28. The first kappa shape index (κ1) is 8.45. The van der Waals surface area contributed by atoms with Crippen LogP contribution in [0, 0.1) is 0 Å². The minimum Gasteiger partial charge on any atom is -0.195 e. The van der Waals surface area contributed by atoms with Gasteiger partial charge >= 0.3 is 0 Å². The molecule has 0 N–H and O–H groups in total. The molecule has 0 spiro atoms. The van der Waals surface area contributed by atoms with Crippen LogP contribution in [0.2, 0.25) is 0 Å². The fourth-order valence-corrected chi connectivity index (χ4v) is 1.92. The monoisotopic (exact) mass is 190 g/mol. The van der Waals surface area contributed by atoms with Crippen LogP contribution in [0.15, 0.2) is 47.4 Å². The van der Waals surface area contributed by atoms with Gasteiger partial charge in [0, 0.05) is 6.42 Å². The second kappa shape index (κ2) is 4.19. The largest absolute Gasteiger partial charge is 0.224 e. The molecular formula is C11H12NS+. The SMILES string of the molecule is c1ccc(CC[n+]2ccsc2)cc1. The van der Waals surface area contributed by atoms with Crippen LogP contribution in [0.5, 0.6) is 0 Å². The Balaban J connectivity index is 1.94. The Bertz CT molecular complexity index is 340. The van der Waals surface area contributed by atoms with E-state index in [-0.39, 0.29) is 0 Å². The third kappa shape index (κ3) is 2.39. The Morgan fingerprint density at radius 2 is 2.00 bits per heavy atom. The number of hydrogen-bond acceptors (Lipinski definition) is 1. The van der Waals surface area contributed by atoms with Gasteiger partial charge in [-0.05, 0) is 5.56 Å². The lowest BCUT2D eigenvalue weighted by Crippen LogP contribution is -2.30. The summed E-state index contributed by atoms with van der Waals surface area (Å²) in [5.74, 6) is 0. The number of aryl methyl sites for hydroxylation is 2. The molecule has 2 rings (SSSR count). The number of rotatable bonds is 3. The molecule has 0 unspecified atom stereocenters. The van der Waals surface area contributed by atoms with Crippen molar-refractivity contribution >= 4 is 11.3 Å². The van der Waals surface area contributed by atoms with Gasteiger partial charge in [0.15, 0.2) is 12.7 Å². The van der Waals surface area contributed by atoms with Gasteiger partial charge < -0.3 is 0 Å². The van der Waals surface area contributed by atoms with Crippen LogP contribution in [0.25, 0.3) is 0 Å². The average Bonchev–Trinajstić information content (AvgIpc) is 2.69. The van der Waals surface area contributed by atoms with Crippen molar-refractivity contribution in [2.45, 2.75) is 13.0 Å². The van der Waals surface area contributed by atoms with Crippen LogP contribution >= 0.6 is 11.3 Å². The third-order valence-corrected chi connectivity index (χ3v) is 2.70. The first-order valence-corrected chi connectivity index (χ1v) is 5.34. The van der Waals surface area contributed by atoms with Crippen LogP contribution in [-0.4, -0.2) is 0 Å². The Morgan fingerprint density at radius 1 is 1.15 bits per heavy atom. The molecule has 1 aromatic carbocycles. The lowest BCUT2D eigenvalue weighted by molar-refractivity contribution is -0.691. The zero-order valence-corrected chi connectivity index (χ0v) is 8.20. The molecule has 1 heterocycles. The summed E-state index contributed by atoms with van der Waals surface area (Å²) < 4.78 is 2.22. The molecule has 0 bridgehead atoms. The van der Waals surface area contributed by atoms with E-state index in [9.17, 15) is 0 Å². The summed E-state index contributed by atoms with van der Waals surface area (Å²) in [7, 11) is 0. The highest BCUT2D eigenvalue weighted by Gasteiger charge is 1.99. The van der Waals surface area contributed by atoms with E-state index in [1.165, 1.54) is 5.56 Å². The zero-order chi connectivity index (χ0) is 8.93. The fraction of sp³-hybridized carbons (Fsp3) is 0.182. The molecule has 2 heteroatoms. The van der Waals surface area contributed by atoms with Crippen molar-refractivity contribution in [3.63, 3.8) is 0 Å². The van der Waals surface area contributed by atoms with Gasteiger partial charge in [-0.1, -0.05) is 41.7 Å². The number of aromatic nitrogens is 1. The van der Waals surface area contributed by atoms with Crippen LogP contribution < -0.4 is 4.57 Å². The zero-order valence-electron chi connectivity index (χ0n) is 7.39. The van der Waals surface area contributed by atoms with E-state index in [2.05, 4.69) is 52.0 Å². The molecule has 1 nitrogen and oxygen atoms in total. The van der Waals surface area contributed by atoms with Crippen LogP contribution in [0.4, 0.5) is 0 Å². The second-order valence-corrected chi connectivity index (χ2v) is 3.76. The van der Waals surface area contributed by atoms with Crippen molar-refractivity contribution in [3.8, 4) is 0 Å². The van der Waals surface area contributed by atoms with Crippen molar-refractivity contribution in [1.29, 1.82) is 0 Å². The molecule has 0 radical (unpaired) electrons. The van der Waals surface area contributed by atoms with Crippen molar-refractivity contribution in [3.05, 3.63) is 53.0 Å². The van der Waals surface area contributed by atoms with E-state index in [0.29, 0.717) is 0 Å². The number of thiazole rings is 1. The summed E-state index contributed by atoms with van der Waals surface area (Å²) in [5.41, 5.74) is 3.55. The summed E-state index contributed by atoms with van der Waals surface area (Å²) in [6, 6.07) is 10.6. The van der Waals surface area contributed by atoms with Gasteiger partial charge in [-0.3, -0.25) is 0 Å². The van der Waals surface area contributed by atoms with Crippen molar-refractivity contribution in [1.82, 2.24) is 0 Å². The van der Waals surface area contributed by atoms with E-state index < -0.39 is 0 Å². The fourth-order valence-electron chi connectivity index (χ4n) is 1.29. The highest BCUT2D eigenvalue weighted by molar-refractivity contribution is 7.07. The highest BCUT2D eigenvalue weighted by atomic mass is 32.1. The van der Waals surface area contributed by atoms with Gasteiger partial charge in [0.2, 0.25) is 5.51 Å². The quantitative estimate of drug-likeness (QED) is 0.654. The number of nitrogens with zero attached hydrogens (tertiary/aromatic N) is 1. The van der Waals surface area contributed by atoms with Crippen molar-refractivity contribution in [2.75, 3.05) is 0 Å². The van der Waals surface area contributed by atoms with Gasteiger partial charge in [0.05, 0.1) is 5.38 Å². The van der Waals surface area contributed by atoms with Crippen LogP contribution in [-0.2, 0) is 13.0 Å². The molecule has 0 aliphatic rings. The van der Waals surface area contributed by atoms with E-state index in [0.717, 1.165) is 13.0 Å². The molecule has 0 fully saturated rings. The maximum absolute atomic E-state index is 2.22. The lowest BCUT2D eigenvalue weighted by Gasteiger charge is -1.95.